The van der Waals surface area contributed by atoms with Crippen molar-refractivity contribution in [3.05, 3.63) is 24.3 Å². The van der Waals surface area contributed by atoms with Gasteiger partial charge in [-0.3, -0.25) is 19.4 Å². The number of nitrogens with zero attached hydrogens (tertiary/aromatic N) is 2. The minimum Gasteiger partial charge on any atom is -0.325 e. The molecule has 172 valence electrons. The monoisotopic (exact) mass is 449 g/mol. The second kappa shape index (κ2) is 11.1. The van der Waals surface area contributed by atoms with Gasteiger partial charge in [-0.2, -0.15) is 0 Å². The smallest absolute Gasteiger partial charge is 0.262 e. The molecule has 0 spiro atoms. The number of likely N-dealkylation sites (tertiary alicyclic amines) is 1. The lowest BCUT2D eigenvalue weighted by molar-refractivity contribution is -0.117. The minimum absolute atomic E-state index is 0.123. The van der Waals surface area contributed by atoms with Crippen LogP contribution in [0.3, 0.4) is 0 Å². The minimum atomic E-state index is -3.73. The Morgan fingerprint density at radius 2 is 1.97 bits per heavy atom. The maximum Gasteiger partial charge on any atom is 0.262 e. The normalized spacial score (nSPS) is 19.0. The van der Waals surface area contributed by atoms with Crippen molar-refractivity contribution in [3.8, 4) is 0 Å². The average Bonchev–Trinajstić information content (AvgIpc) is 2.97. The van der Waals surface area contributed by atoms with E-state index >= 15 is 0 Å². The summed E-state index contributed by atoms with van der Waals surface area (Å²) < 4.78 is 28.1. The highest BCUT2D eigenvalue weighted by atomic mass is 32.2. The molecule has 31 heavy (non-hydrogen) atoms. The fourth-order valence-electron chi connectivity index (χ4n) is 4.05. The van der Waals surface area contributed by atoms with E-state index in [1.807, 2.05) is 0 Å². The molecule has 1 aromatic rings. The molecule has 1 saturated heterocycles. The van der Waals surface area contributed by atoms with E-state index in [-0.39, 0.29) is 10.8 Å². The van der Waals surface area contributed by atoms with E-state index in [2.05, 4.69) is 39.1 Å². The lowest BCUT2D eigenvalue weighted by atomic mass is 10.0. The highest BCUT2D eigenvalue weighted by molar-refractivity contribution is 7.90. The number of sulfonamides is 1. The van der Waals surface area contributed by atoms with Crippen molar-refractivity contribution >= 4 is 27.5 Å². The molecular weight excluding hydrogens is 414 g/mol. The number of rotatable bonds is 7. The van der Waals surface area contributed by atoms with Crippen LogP contribution in [0, 0.1) is 0 Å². The van der Waals surface area contributed by atoms with Gasteiger partial charge in [0.15, 0.2) is 0 Å². The zero-order valence-electron chi connectivity index (χ0n) is 18.6. The molecule has 0 radical (unpaired) electrons. The Morgan fingerprint density at radius 1 is 1.19 bits per heavy atom. The summed E-state index contributed by atoms with van der Waals surface area (Å²) in [6, 6.07) is 7.35. The second-order valence-corrected chi connectivity index (χ2v) is 10.4. The molecule has 8 nitrogen and oxygen atoms in total. The van der Waals surface area contributed by atoms with Crippen LogP contribution in [0.4, 0.5) is 5.69 Å². The molecule has 9 heteroatoms. The van der Waals surface area contributed by atoms with Gasteiger partial charge in [0.05, 0.1) is 11.4 Å². The molecule has 0 unspecified atom stereocenters. The van der Waals surface area contributed by atoms with Crippen molar-refractivity contribution in [2.24, 2.45) is 4.99 Å². The molecule has 1 amide bonds. The fourth-order valence-corrected chi connectivity index (χ4v) is 5.18. The zero-order valence-corrected chi connectivity index (χ0v) is 19.4. The van der Waals surface area contributed by atoms with Crippen LogP contribution in [-0.4, -0.2) is 63.3 Å². The largest absolute Gasteiger partial charge is 0.325 e. The summed E-state index contributed by atoms with van der Waals surface area (Å²) in [7, 11) is -3.73. The average molecular weight is 450 g/mol. The van der Waals surface area contributed by atoms with Crippen LogP contribution in [0.1, 0.15) is 52.4 Å². The summed E-state index contributed by atoms with van der Waals surface area (Å²) in [6.45, 7) is 7.00. The van der Waals surface area contributed by atoms with E-state index in [4.69, 9.17) is 0 Å². The topological polar surface area (TPSA) is 103 Å². The zero-order chi connectivity index (χ0) is 22.3. The van der Waals surface area contributed by atoms with Crippen molar-refractivity contribution < 1.29 is 13.2 Å². The van der Waals surface area contributed by atoms with Crippen LogP contribution in [0.2, 0.25) is 0 Å². The molecule has 3 rings (SSSR count). The second-order valence-electron chi connectivity index (χ2n) is 8.69. The Balaban J connectivity index is 1.54. The number of hydrogen-bond acceptors (Lipinski definition) is 6. The van der Waals surface area contributed by atoms with Crippen LogP contribution in [-0.2, 0) is 14.8 Å². The summed E-state index contributed by atoms with van der Waals surface area (Å²) in [6.07, 6.45) is 5.66. The van der Waals surface area contributed by atoms with E-state index in [0.29, 0.717) is 43.1 Å². The number of carbonyl (C=O) groups excluding carboxylic acids is 1. The van der Waals surface area contributed by atoms with Gasteiger partial charge in [0.1, 0.15) is 5.84 Å². The lowest BCUT2D eigenvalue weighted by Crippen LogP contribution is -2.46. The summed E-state index contributed by atoms with van der Waals surface area (Å²) in [4.78, 5) is 19.1. The number of benzene rings is 1. The van der Waals surface area contributed by atoms with Crippen LogP contribution in [0.5, 0.6) is 0 Å². The number of aliphatic imine (C=N–C) groups is 1. The molecule has 0 saturated carbocycles. The molecule has 2 aliphatic heterocycles. The van der Waals surface area contributed by atoms with Gasteiger partial charge in [-0.05, 0) is 43.9 Å². The van der Waals surface area contributed by atoms with E-state index in [1.165, 1.54) is 12.1 Å². The molecule has 0 aliphatic carbocycles. The van der Waals surface area contributed by atoms with Gasteiger partial charge in [0.25, 0.3) is 10.0 Å². The van der Waals surface area contributed by atoms with Gasteiger partial charge < -0.3 is 10.6 Å². The van der Waals surface area contributed by atoms with Crippen molar-refractivity contribution in [2.45, 2.75) is 69.4 Å². The van der Waals surface area contributed by atoms with Gasteiger partial charge in [-0.25, -0.2) is 8.42 Å². The van der Waals surface area contributed by atoms with E-state index in [1.54, 1.807) is 12.1 Å². The van der Waals surface area contributed by atoms with E-state index in [9.17, 15) is 13.2 Å². The Bertz CT molecular complexity index is 877. The van der Waals surface area contributed by atoms with Gasteiger partial charge in [0, 0.05) is 43.8 Å². The van der Waals surface area contributed by atoms with Crippen molar-refractivity contribution in [2.75, 3.05) is 31.5 Å². The van der Waals surface area contributed by atoms with E-state index < -0.39 is 10.0 Å². The molecule has 2 aliphatic rings. The van der Waals surface area contributed by atoms with Crippen molar-refractivity contribution in [1.29, 1.82) is 0 Å². The third-order valence-corrected chi connectivity index (χ3v) is 6.96. The molecule has 2 heterocycles. The molecule has 1 fully saturated rings. The Labute approximate surface area is 185 Å². The first kappa shape index (κ1) is 23.7. The number of amides is 1. The van der Waals surface area contributed by atoms with Crippen LogP contribution in [0.15, 0.2) is 34.2 Å². The quantitative estimate of drug-likeness (QED) is 0.593. The predicted molar refractivity (Wildman–Crippen MR) is 124 cm³/mol. The molecule has 0 bridgehead atoms. The first-order valence-electron chi connectivity index (χ1n) is 11.3. The summed E-state index contributed by atoms with van der Waals surface area (Å²) in [5.41, 5.74) is 0.479. The highest BCUT2D eigenvalue weighted by Gasteiger charge is 2.22. The molecular formula is C22H35N5O3S. The van der Waals surface area contributed by atoms with Crippen molar-refractivity contribution in [1.82, 2.24) is 14.9 Å². The van der Waals surface area contributed by atoms with Gasteiger partial charge in [0.2, 0.25) is 5.91 Å². The standard InChI is InChI=1S/C22H35N5O3S/c1-17(2)24-18-10-13-27(14-11-18)16-22(28)25-19-7-6-8-20(15-19)31(29,30)26-21-9-4-3-5-12-23-21/h6-8,15,17-18,24H,3-5,9-14,16H2,1-2H3,(H,23,26)(H,25,28). The third-order valence-electron chi connectivity index (χ3n) is 5.58. The predicted octanol–water partition coefficient (Wildman–Crippen LogP) is 2.34. The lowest BCUT2D eigenvalue weighted by Gasteiger charge is -2.32. The van der Waals surface area contributed by atoms with Gasteiger partial charge in [-0.1, -0.05) is 26.3 Å². The Kier molecular flexibility index (Phi) is 8.45. The summed E-state index contributed by atoms with van der Waals surface area (Å²) in [5, 5.41) is 6.39. The third kappa shape index (κ3) is 7.59. The Morgan fingerprint density at radius 3 is 2.71 bits per heavy atom. The molecule has 0 atom stereocenters. The molecule has 3 N–H and O–H groups in total. The fraction of sp³-hybridized carbons (Fsp3) is 0.636. The summed E-state index contributed by atoms with van der Waals surface area (Å²) in [5.74, 6) is 0.383. The number of hydrogen-bond donors (Lipinski definition) is 3. The number of anilines is 1. The molecule has 0 aromatic heterocycles. The van der Waals surface area contributed by atoms with Gasteiger partial charge >= 0.3 is 0 Å². The van der Waals surface area contributed by atoms with Crippen molar-refractivity contribution in [3.63, 3.8) is 0 Å². The number of nitrogens with one attached hydrogen (secondary N) is 3. The number of carbonyl (C=O) groups is 1. The first-order chi connectivity index (χ1) is 14.8. The van der Waals surface area contributed by atoms with Gasteiger partial charge in [-0.15, -0.1) is 0 Å². The van der Waals surface area contributed by atoms with E-state index in [0.717, 1.165) is 45.2 Å². The maximum atomic E-state index is 12.8. The maximum absolute atomic E-state index is 12.8. The number of piperidine rings is 1. The van der Waals surface area contributed by atoms with Crippen LogP contribution < -0.4 is 15.4 Å². The van der Waals surface area contributed by atoms with Crippen LogP contribution >= 0.6 is 0 Å². The SMILES string of the molecule is CC(C)NC1CCN(CC(=O)Nc2cccc(S(=O)(=O)NC3=NCCCCC3)c2)CC1. The highest BCUT2D eigenvalue weighted by Crippen LogP contribution is 2.17. The van der Waals surface area contributed by atoms with Crippen LogP contribution in [0.25, 0.3) is 0 Å². The molecule has 1 aromatic carbocycles. The summed E-state index contributed by atoms with van der Waals surface area (Å²) >= 11 is 0. The Hall–Kier alpha value is -1.97. The first-order valence-corrected chi connectivity index (χ1v) is 12.7. The number of amidine groups is 1.